The molecule has 0 aliphatic carbocycles. The molecular weight excluding hydrogens is 244 g/mol. The zero-order chi connectivity index (χ0) is 10.0. The molecule has 0 aliphatic rings. The second-order valence-corrected chi connectivity index (χ2v) is 3.53. The second kappa shape index (κ2) is 4.13. The molecule has 0 aromatic heterocycles. The largest absolute Gasteiger partial charge is 0.314 e. The Morgan fingerprint density at radius 1 is 1.38 bits per heavy atom. The van der Waals surface area contributed by atoms with Gasteiger partial charge in [0.2, 0.25) is 0 Å². The summed E-state index contributed by atoms with van der Waals surface area (Å²) in [5, 5.41) is 9.67. The summed E-state index contributed by atoms with van der Waals surface area (Å²) in [6, 6.07) is 2.08. The third-order valence-electron chi connectivity index (χ3n) is 1.49. The normalized spacial score (nSPS) is 10.9. The summed E-state index contributed by atoms with van der Waals surface area (Å²) in [6.45, 7) is 0.0186. The minimum atomic E-state index is -0.665. The average Bonchev–Trinajstić information content (AvgIpc) is 1.99. The van der Waals surface area contributed by atoms with E-state index in [4.69, 9.17) is 5.21 Å². The van der Waals surface area contributed by atoms with Crippen LogP contribution in [-0.2, 0) is 6.54 Å². The predicted molar refractivity (Wildman–Crippen MR) is 47.3 cm³/mol. The van der Waals surface area contributed by atoms with E-state index in [1.807, 2.05) is 0 Å². The summed E-state index contributed by atoms with van der Waals surface area (Å²) in [4.78, 5) is 0. The Hall–Kier alpha value is -0.520. The Balaban J connectivity index is 3.01. The summed E-state index contributed by atoms with van der Waals surface area (Å²) in [5.41, 5.74) is 0.235. The highest BCUT2D eigenvalue weighted by molar-refractivity contribution is 9.10. The van der Waals surface area contributed by atoms with E-state index in [-0.39, 0.29) is 16.6 Å². The van der Waals surface area contributed by atoms with Gasteiger partial charge in [-0.1, -0.05) is 0 Å². The van der Waals surface area contributed by atoms with Gasteiger partial charge in [-0.15, -0.1) is 0 Å². The van der Waals surface area contributed by atoms with Crippen molar-refractivity contribution in [2.75, 3.05) is 7.05 Å². The highest BCUT2D eigenvalue weighted by Gasteiger charge is 2.08. The number of rotatable bonds is 2. The van der Waals surface area contributed by atoms with Crippen LogP contribution in [0.4, 0.5) is 8.78 Å². The summed E-state index contributed by atoms with van der Waals surface area (Å²) >= 11 is 2.93. The van der Waals surface area contributed by atoms with Crippen molar-refractivity contribution in [3.63, 3.8) is 0 Å². The fourth-order valence-corrected chi connectivity index (χ4v) is 1.32. The molecule has 0 heterocycles. The van der Waals surface area contributed by atoms with Gasteiger partial charge in [0.15, 0.2) is 0 Å². The molecule has 1 aromatic carbocycles. The van der Waals surface area contributed by atoms with Crippen molar-refractivity contribution in [2.45, 2.75) is 6.54 Å². The summed E-state index contributed by atoms with van der Waals surface area (Å²) in [6.07, 6.45) is 0. The molecule has 0 radical (unpaired) electrons. The molecule has 0 bridgehead atoms. The van der Waals surface area contributed by atoms with Gasteiger partial charge in [-0.05, 0) is 22.0 Å². The minimum Gasteiger partial charge on any atom is -0.314 e. The van der Waals surface area contributed by atoms with Crippen molar-refractivity contribution >= 4 is 15.9 Å². The monoisotopic (exact) mass is 251 g/mol. The van der Waals surface area contributed by atoms with E-state index in [0.717, 1.165) is 11.1 Å². The summed E-state index contributed by atoms with van der Waals surface area (Å²) in [7, 11) is 1.39. The number of nitrogens with zero attached hydrogens (tertiary/aromatic N) is 1. The van der Waals surface area contributed by atoms with E-state index in [1.165, 1.54) is 13.1 Å². The van der Waals surface area contributed by atoms with Gasteiger partial charge in [0.25, 0.3) is 0 Å². The van der Waals surface area contributed by atoms with Crippen molar-refractivity contribution in [1.29, 1.82) is 0 Å². The molecule has 0 saturated heterocycles. The van der Waals surface area contributed by atoms with Crippen molar-refractivity contribution in [1.82, 2.24) is 5.06 Å². The highest BCUT2D eigenvalue weighted by atomic mass is 79.9. The third-order valence-corrected chi connectivity index (χ3v) is 2.10. The molecule has 0 spiro atoms. The van der Waals surface area contributed by atoms with Crippen molar-refractivity contribution in [3.05, 3.63) is 33.8 Å². The average molecular weight is 252 g/mol. The lowest BCUT2D eigenvalue weighted by molar-refractivity contribution is -0.0738. The van der Waals surface area contributed by atoms with E-state index in [2.05, 4.69) is 15.9 Å². The van der Waals surface area contributed by atoms with Crippen LogP contribution < -0.4 is 0 Å². The van der Waals surface area contributed by atoms with Crippen LogP contribution in [0.5, 0.6) is 0 Å². The van der Waals surface area contributed by atoms with Gasteiger partial charge in [-0.25, -0.2) is 8.78 Å². The van der Waals surface area contributed by atoms with E-state index in [9.17, 15) is 8.78 Å². The van der Waals surface area contributed by atoms with Crippen molar-refractivity contribution in [3.8, 4) is 0 Å². The number of hydroxylamine groups is 2. The smallest absolute Gasteiger partial charge is 0.140 e. The zero-order valence-electron chi connectivity index (χ0n) is 6.89. The van der Waals surface area contributed by atoms with Crippen LogP contribution >= 0.6 is 15.9 Å². The maximum atomic E-state index is 13.0. The zero-order valence-corrected chi connectivity index (χ0v) is 8.48. The molecule has 0 aliphatic heterocycles. The Morgan fingerprint density at radius 2 is 2.00 bits per heavy atom. The molecule has 0 unspecified atom stereocenters. The second-order valence-electron chi connectivity index (χ2n) is 2.67. The van der Waals surface area contributed by atoms with Gasteiger partial charge in [0.05, 0.1) is 11.0 Å². The predicted octanol–water partition coefficient (Wildman–Crippen LogP) is 2.55. The molecule has 0 fully saturated rings. The molecule has 0 amide bonds. The van der Waals surface area contributed by atoms with Crippen molar-refractivity contribution < 1.29 is 14.0 Å². The molecule has 1 N–H and O–H groups in total. The number of halogens is 3. The molecule has 13 heavy (non-hydrogen) atoms. The maximum Gasteiger partial charge on any atom is 0.140 e. The first kappa shape index (κ1) is 10.6. The Morgan fingerprint density at radius 3 is 2.54 bits per heavy atom. The van der Waals surface area contributed by atoms with E-state index < -0.39 is 11.6 Å². The van der Waals surface area contributed by atoms with Crippen LogP contribution in [0.25, 0.3) is 0 Å². The van der Waals surface area contributed by atoms with Crippen LogP contribution in [0, 0.1) is 11.6 Å². The van der Waals surface area contributed by atoms with Gasteiger partial charge >= 0.3 is 0 Å². The van der Waals surface area contributed by atoms with Crippen LogP contribution in [0.3, 0.4) is 0 Å². The Labute approximate surface area is 82.9 Å². The molecule has 5 heteroatoms. The first-order chi connectivity index (χ1) is 6.00. The fourth-order valence-electron chi connectivity index (χ4n) is 0.931. The summed E-state index contributed by atoms with van der Waals surface area (Å²) < 4.78 is 25.9. The standard InChI is InChI=1S/C8H8BrF2NO/c1-12(13)4-5-2-6(9)8(11)3-7(5)10/h2-3,13H,4H2,1H3. The third kappa shape index (κ3) is 2.72. The summed E-state index contributed by atoms with van der Waals surface area (Å²) in [5.74, 6) is -1.32. The number of hydrogen-bond donors (Lipinski definition) is 1. The van der Waals surface area contributed by atoms with Gasteiger partial charge in [-0.3, -0.25) is 0 Å². The van der Waals surface area contributed by atoms with Gasteiger partial charge < -0.3 is 5.21 Å². The lowest BCUT2D eigenvalue weighted by Crippen LogP contribution is -2.13. The highest BCUT2D eigenvalue weighted by Crippen LogP contribution is 2.20. The lowest BCUT2D eigenvalue weighted by atomic mass is 10.2. The van der Waals surface area contributed by atoms with Gasteiger partial charge in [0.1, 0.15) is 11.6 Å². The first-order valence-electron chi connectivity index (χ1n) is 3.54. The Kier molecular flexibility index (Phi) is 3.35. The number of hydrogen-bond acceptors (Lipinski definition) is 2. The lowest BCUT2D eigenvalue weighted by Gasteiger charge is -2.09. The molecule has 0 atom stereocenters. The number of benzene rings is 1. The molecule has 72 valence electrons. The van der Waals surface area contributed by atoms with E-state index in [0.29, 0.717) is 0 Å². The molecule has 0 saturated carbocycles. The topological polar surface area (TPSA) is 23.5 Å². The van der Waals surface area contributed by atoms with Crippen molar-refractivity contribution in [2.24, 2.45) is 0 Å². The molecular formula is C8H8BrF2NO. The quantitative estimate of drug-likeness (QED) is 0.645. The van der Waals surface area contributed by atoms with E-state index >= 15 is 0 Å². The minimum absolute atomic E-state index is 0.0186. The van der Waals surface area contributed by atoms with Gasteiger partial charge in [0, 0.05) is 18.7 Å². The molecule has 1 aromatic rings. The molecule has 1 rings (SSSR count). The molecule has 2 nitrogen and oxygen atoms in total. The maximum absolute atomic E-state index is 13.0. The van der Waals surface area contributed by atoms with Gasteiger partial charge in [-0.2, -0.15) is 5.06 Å². The first-order valence-corrected chi connectivity index (χ1v) is 4.33. The van der Waals surface area contributed by atoms with Crippen LogP contribution in [0.15, 0.2) is 16.6 Å². The van der Waals surface area contributed by atoms with E-state index in [1.54, 1.807) is 0 Å². The van der Waals surface area contributed by atoms with Crippen LogP contribution in [0.1, 0.15) is 5.56 Å². The fraction of sp³-hybridized carbons (Fsp3) is 0.250. The van der Waals surface area contributed by atoms with Crippen LogP contribution in [0.2, 0.25) is 0 Å². The Bertz CT molecular complexity index is 317. The van der Waals surface area contributed by atoms with Crippen LogP contribution in [-0.4, -0.2) is 17.3 Å². The SMILES string of the molecule is CN(O)Cc1cc(Br)c(F)cc1F.